The van der Waals surface area contributed by atoms with Crippen LogP contribution in [0.3, 0.4) is 0 Å². The highest BCUT2D eigenvalue weighted by atomic mass is 32.2. The third-order valence-electron chi connectivity index (χ3n) is 4.33. The van der Waals surface area contributed by atoms with Crippen LogP contribution in [0, 0.1) is 0 Å². The van der Waals surface area contributed by atoms with Crippen molar-refractivity contribution in [2.45, 2.75) is 71.1 Å². The van der Waals surface area contributed by atoms with E-state index in [0.717, 1.165) is 22.6 Å². The lowest BCUT2D eigenvalue weighted by Crippen LogP contribution is -2.41. The maximum absolute atomic E-state index is 12.4. The molecular weight excluding hydrogens is 324 g/mol. The minimum absolute atomic E-state index is 0.175. The first-order valence-corrected chi connectivity index (χ1v) is 9.53. The summed E-state index contributed by atoms with van der Waals surface area (Å²) in [5, 5.41) is 13.3. The van der Waals surface area contributed by atoms with Gasteiger partial charge in [-0.05, 0) is 53.2 Å². The van der Waals surface area contributed by atoms with E-state index in [4.69, 9.17) is 4.98 Å². The minimum Gasteiger partial charge on any atom is -0.598 e. The molecule has 3 N–H and O–H groups in total. The second-order valence-electron chi connectivity index (χ2n) is 7.64. The van der Waals surface area contributed by atoms with E-state index in [-0.39, 0.29) is 10.8 Å². The molecule has 6 nitrogen and oxygen atoms in total. The average Bonchev–Trinajstić information content (AvgIpc) is 2.85. The Morgan fingerprint density at radius 1 is 1.42 bits per heavy atom. The highest BCUT2D eigenvalue weighted by molar-refractivity contribution is 7.90. The monoisotopic (exact) mass is 354 g/mol. The van der Waals surface area contributed by atoms with Crippen LogP contribution in [0.4, 0.5) is 5.82 Å². The third kappa shape index (κ3) is 4.03. The summed E-state index contributed by atoms with van der Waals surface area (Å²) in [5.74, 6) is 0.816. The number of pyridine rings is 1. The molecule has 2 rings (SSSR count). The van der Waals surface area contributed by atoms with Crippen LogP contribution < -0.4 is 14.9 Å². The Morgan fingerprint density at radius 2 is 2.04 bits per heavy atom. The van der Waals surface area contributed by atoms with Crippen molar-refractivity contribution in [1.82, 2.24) is 15.0 Å². The number of aliphatic hydroxyl groups excluding tert-OH is 1. The number of aliphatic hydroxyl groups is 1. The van der Waals surface area contributed by atoms with Gasteiger partial charge in [0.1, 0.15) is 16.8 Å². The van der Waals surface area contributed by atoms with E-state index in [1.165, 1.54) is 0 Å². The van der Waals surface area contributed by atoms with Crippen LogP contribution in [0.1, 0.15) is 70.6 Å². The van der Waals surface area contributed by atoms with E-state index in [0.29, 0.717) is 12.6 Å². The summed E-state index contributed by atoms with van der Waals surface area (Å²) in [6.07, 6.45) is -0.679. The van der Waals surface area contributed by atoms with Gasteiger partial charge in [0.05, 0.1) is 11.7 Å². The molecule has 0 saturated heterocycles. The average molecular weight is 355 g/mol. The lowest BCUT2D eigenvalue weighted by atomic mass is 10.0. The van der Waals surface area contributed by atoms with Gasteiger partial charge in [-0.25, -0.2) is 4.98 Å². The van der Waals surface area contributed by atoms with Gasteiger partial charge < -0.3 is 14.6 Å². The van der Waals surface area contributed by atoms with Crippen LogP contribution in [-0.2, 0) is 17.9 Å². The van der Waals surface area contributed by atoms with Crippen molar-refractivity contribution in [3.05, 3.63) is 22.9 Å². The van der Waals surface area contributed by atoms with E-state index in [1.807, 2.05) is 40.8 Å². The normalized spacial score (nSPS) is 20.2. The highest BCUT2D eigenvalue weighted by Gasteiger charge is 2.32. The fraction of sp³-hybridized carbons (Fsp3) is 0.706. The molecule has 7 heteroatoms. The maximum atomic E-state index is 12.4. The van der Waals surface area contributed by atoms with E-state index >= 15 is 0 Å². The Morgan fingerprint density at radius 3 is 2.58 bits per heavy atom. The molecule has 0 amide bonds. The second kappa shape index (κ2) is 7.17. The molecule has 0 fully saturated rings. The molecule has 136 valence electrons. The van der Waals surface area contributed by atoms with Crippen LogP contribution in [0.25, 0.3) is 0 Å². The third-order valence-corrected chi connectivity index (χ3v) is 6.01. The maximum Gasteiger partial charge on any atom is 0.136 e. The summed E-state index contributed by atoms with van der Waals surface area (Å²) in [7, 11) is 1.99. The Bertz CT molecular complexity index is 589. The van der Waals surface area contributed by atoms with Crippen molar-refractivity contribution in [3.63, 3.8) is 0 Å². The molecule has 3 atom stereocenters. The Kier molecular flexibility index (Phi) is 5.82. The van der Waals surface area contributed by atoms with E-state index < -0.39 is 17.6 Å². The lowest BCUT2D eigenvalue weighted by molar-refractivity contribution is 0.151. The zero-order valence-electron chi connectivity index (χ0n) is 15.7. The van der Waals surface area contributed by atoms with Crippen molar-refractivity contribution >= 4 is 17.2 Å². The second-order valence-corrected chi connectivity index (χ2v) is 9.64. The molecule has 1 unspecified atom stereocenters. The quantitative estimate of drug-likeness (QED) is 0.703. The number of rotatable bonds is 5. The molecule has 1 aromatic rings. The molecule has 1 aliphatic rings. The van der Waals surface area contributed by atoms with E-state index in [2.05, 4.69) is 28.8 Å². The van der Waals surface area contributed by atoms with Crippen molar-refractivity contribution in [2.75, 3.05) is 11.9 Å². The lowest BCUT2D eigenvalue weighted by Gasteiger charge is -2.28. The molecule has 0 bridgehead atoms. The van der Waals surface area contributed by atoms with Gasteiger partial charge in [0.2, 0.25) is 0 Å². The smallest absolute Gasteiger partial charge is 0.136 e. The number of anilines is 1. The molecule has 0 aliphatic carbocycles. The van der Waals surface area contributed by atoms with E-state index in [9.17, 15) is 9.66 Å². The molecule has 0 spiro atoms. The number of fused-ring (bicyclic) bond motifs is 1. The predicted octanol–water partition coefficient (Wildman–Crippen LogP) is 2.13. The van der Waals surface area contributed by atoms with Gasteiger partial charge in [0, 0.05) is 36.6 Å². The topological polar surface area (TPSA) is 83.5 Å². The fourth-order valence-electron chi connectivity index (χ4n) is 2.54. The zero-order valence-corrected chi connectivity index (χ0v) is 16.5. The number of hydrogen-bond donors (Lipinski definition) is 3. The molecule has 2 heterocycles. The summed E-state index contributed by atoms with van der Waals surface area (Å²) in [6.45, 7) is 12.5. The molecule has 24 heavy (non-hydrogen) atoms. The van der Waals surface area contributed by atoms with Crippen molar-refractivity contribution in [1.29, 1.82) is 0 Å². The van der Waals surface area contributed by atoms with Gasteiger partial charge in [-0.3, -0.25) is 5.32 Å². The van der Waals surface area contributed by atoms with Crippen LogP contribution in [0.5, 0.6) is 0 Å². The van der Waals surface area contributed by atoms with Crippen molar-refractivity contribution in [2.24, 2.45) is 0 Å². The Hall–Kier alpha value is -0.860. The summed E-state index contributed by atoms with van der Waals surface area (Å²) in [6, 6.07) is 2.06. The standard InChI is InChI=1S/C17H30N4O2S/c1-10(2)21(7)14-8-12-13(9-18-16(12)22)15(19-14)11(3)20-24(23)17(4,5)6/h8,10-11,16,18,20,22H,9H2,1-7H3/t11-,16?,24+/m1/s1. The summed E-state index contributed by atoms with van der Waals surface area (Å²) < 4.78 is 15.2. The highest BCUT2D eigenvalue weighted by Crippen LogP contribution is 2.33. The van der Waals surface area contributed by atoms with Crippen LogP contribution in [-0.4, -0.2) is 32.5 Å². The molecular formula is C17H30N4O2S. The van der Waals surface area contributed by atoms with Gasteiger partial charge in [0.15, 0.2) is 0 Å². The Labute approximate surface area is 148 Å². The predicted molar refractivity (Wildman–Crippen MR) is 99.0 cm³/mol. The molecule has 1 aromatic heterocycles. The summed E-state index contributed by atoms with van der Waals surface area (Å²) in [5.41, 5.74) is 2.70. The minimum atomic E-state index is -1.19. The van der Waals surface area contributed by atoms with Crippen LogP contribution in [0.2, 0.25) is 0 Å². The van der Waals surface area contributed by atoms with Crippen LogP contribution >= 0.6 is 0 Å². The molecule has 0 aromatic carbocycles. The van der Waals surface area contributed by atoms with Gasteiger partial charge in [-0.15, -0.1) is 4.72 Å². The first-order chi connectivity index (χ1) is 11.0. The van der Waals surface area contributed by atoms with Gasteiger partial charge in [-0.2, -0.15) is 0 Å². The Balaban J connectivity index is 2.39. The summed E-state index contributed by atoms with van der Waals surface area (Å²) in [4.78, 5) is 6.88. The first-order valence-electron chi connectivity index (χ1n) is 8.38. The number of nitrogens with zero attached hydrogens (tertiary/aromatic N) is 2. The molecule has 0 radical (unpaired) electrons. The van der Waals surface area contributed by atoms with Gasteiger partial charge >= 0.3 is 0 Å². The molecule has 1 aliphatic heterocycles. The number of hydrogen-bond acceptors (Lipinski definition) is 6. The SMILES string of the molecule is CC(C)N(C)c1cc2c(c([C@@H](C)N[S@@+]([O-])C(C)(C)C)n1)CNC2O. The molecule has 0 saturated carbocycles. The van der Waals surface area contributed by atoms with Gasteiger partial charge in [-0.1, -0.05) is 0 Å². The van der Waals surface area contributed by atoms with E-state index in [1.54, 1.807) is 0 Å². The summed E-state index contributed by atoms with van der Waals surface area (Å²) >= 11 is -1.19. The van der Waals surface area contributed by atoms with Crippen molar-refractivity contribution < 1.29 is 9.66 Å². The van der Waals surface area contributed by atoms with Crippen molar-refractivity contribution in [3.8, 4) is 0 Å². The van der Waals surface area contributed by atoms with Crippen LogP contribution in [0.15, 0.2) is 6.07 Å². The van der Waals surface area contributed by atoms with Gasteiger partial charge in [0.25, 0.3) is 0 Å². The number of nitrogens with one attached hydrogen (secondary N) is 2. The fourth-order valence-corrected chi connectivity index (χ4v) is 3.33. The largest absolute Gasteiger partial charge is 0.598 e. The zero-order chi connectivity index (χ0) is 18.2. The first kappa shape index (κ1) is 19.5. The number of aromatic nitrogens is 1.